The lowest BCUT2D eigenvalue weighted by Gasteiger charge is -2.09. The highest BCUT2D eigenvalue weighted by Crippen LogP contribution is 2.33. The molecule has 0 radical (unpaired) electrons. The fourth-order valence-electron chi connectivity index (χ4n) is 2.48. The molecule has 0 atom stereocenters. The third-order valence-corrected chi connectivity index (χ3v) is 3.93. The fraction of sp³-hybridized carbons (Fsp3) is 0.0556. The van der Waals surface area contributed by atoms with Crippen LogP contribution in [-0.2, 0) is 0 Å². The number of benzene rings is 2. The number of hydrogen-bond donors (Lipinski definition) is 0. The Bertz CT molecular complexity index is 1030. The first-order valence-corrected chi connectivity index (χ1v) is 7.89. The third-order valence-electron chi connectivity index (χ3n) is 3.68. The van der Waals surface area contributed by atoms with Crippen LogP contribution in [0.25, 0.3) is 16.7 Å². The number of halogens is 1. The molecule has 0 bridgehead atoms. The average Bonchev–Trinajstić information content (AvgIpc) is 3.08. The van der Waals surface area contributed by atoms with E-state index in [1.54, 1.807) is 30.1 Å². The predicted molar refractivity (Wildman–Crippen MR) is 94.7 cm³/mol. The number of rotatable bonds is 4. The zero-order chi connectivity index (χ0) is 17.2. The van der Waals surface area contributed by atoms with Crippen molar-refractivity contribution in [2.75, 3.05) is 7.11 Å². The topological polar surface area (TPSA) is 62.1 Å². The van der Waals surface area contributed by atoms with Crippen LogP contribution >= 0.6 is 11.6 Å². The second-order valence-electron chi connectivity index (χ2n) is 5.20. The first-order valence-electron chi connectivity index (χ1n) is 7.52. The largest absolute Gasteiger partial charge is 0.493 e. The van der Waals surface area contributed by atoms with E-state index in [2.05, 4.69) is 15.1 Å². The second-order valence-corrected chi connectivity index (χ2v) is 5.64. The molecule has 0 aliphatic rings. The van der Waals surface area contributed by atoms with Crippen LogP contribution in [0.4, 0.5) is 0 Å². The van der Waals surface area contributed by atoms with E-state index in [4.69, 9.17) is 21.1 Å². The quantitative estimate of drug-likeness (QED) is 0.549. The molecule has 2 aromatic heterocycles. The van der Waals surface area contributed by atoms with Gasteiger partial charge in [0.05, 0.1) is 19.0 Å². The minimum Gasteiger partial charge on any atom is -0.493 e. The highest BCUT2D eigenvalue weighted by atomic mass is 35.5. The maximum absolute atomic E-state index is 5.95. The molecule has 4 rings (SSSR count). The van der Waals surface area contributed by atoms with Crippen molar-refractivity contribution >= 4 is 22.6 Å². The third kappa shape index (κ3) is 2.88. The van der Waals surface area contributed by atoms with E-state index in [1.807, 2.05) is 36.4 Å². The molecule has 0 aliphatic carbocycles. The van der Waals surface area contributed by atoms with E-state index in [0.717, 1.165) is 5.69 Å². The van der Waals surface area contributed by atoms with Gasteiger partial charge in [-0.1, -0.05) is 23.7 Å². The van der Waals surface area contributed by atoms with Crippen molar-refractivity contribution in [2.45, 2.75) is 0 Å². The Morgan fingerprint density at radius 2 is 1.72 bits per heavy atom. The van der Waals surface area contributed by atoms with Crippen molar-refractivity contribution in [1.29, 1.82) is 0 Å². The van der Waals surface area contributed by atoms with Gasteiger partial charge >= 0.3 is 0 Å². The molecular weight excluding hydrogens is 340 g/mol. The van der Waals surface area contributed by atoms with E-state index in [-0.39, 0.29) is 0 Å². The van der Waals surface area contributed by atoms with Gasteiger partial charge in [0.15, 0.2) is 17.1 Å². The number of para-hydroxylation sites is 2. The van der Waals surface area contributed by atoms with Crippen LogP contribution in [0.1, 0.15) is 0 Å². The molecule has 0 spiro atoms. The summed E-state index contributed by atoms with van der Waals surface area (Å²) in [6.07, 6.45) is 3.12. The second kappa shape index (κ2) is 6.41. The van der Waals surface area contributed by atoms with Crippen molar-refractivity contribution in [1.82, 2.24) is 19.7 Å². The van der Waals surface area contributed by atoms with Gasteiger partial charge in [0.2, 0.25) is 5.88 Å². The lowest BCUT2D eigenvalue weighted by molar-refractivity contribution is 0.375. The smallest absolute Gasteiger partial charge is 0.233 e. The van der Waals surface area contributed by atoms with E-state index in [9.17, 15) is 0 Å². The van der Waals surface area contributed by atoms with Gasteiger partial charge in [-0.2, -0.15) is 5.10 Å². The first kappa shape index (κ1) is 15.4. The number of aromatic nitrogens is 4. The van der Waals surface area contributed by atoms with E-state index in [0.29, 0.717) is 33.4 Å². The monoisotopic (exact) mass is 352 g/mol. The van der Waals surface area contributed by atoms with Gasteiger partial charge < -0.3 is 9.47 Å². The van der Waals surface area contributed by atoms with E-state index in [1.165, 1.54) is 6.33 Å². The van der Waals surface area contributed by atoms with Gasteiger partial charge in [-0.3, -0.25) is 0 Å². The van der Waals surface area contributed by atoms with Crippen molar-refractivity contribution in [2.24, 2.45) is 0 Å². The molecule has 4 aromatic rings. The van der Waals surface area contributed by atoms with Crippen molar-refractivity contribution < 1.29 is 9.47 Å². The summed E-state index contributed by atoms with van der Waals surface area (Å²) in [5, 5.41) is 5.76. The zero-order valence-electron chi connectivity index (χ0n) is 13.3. The lowest BCUT2D eigenvalue weighted by Crippen LogP contribution is -1.98. The molecule has 0 saturated carbocycles. The number of ether oxygens (including phenoxy) is 2. The summed E-state index contributed by atoms with van der Waals surface area (Å²) in [7, 11) is 1.59. The SMILES string of the molecule is COc1ccccc1Oc1ncnc2c1cnn2-c1ccc(Cl)cc1. The Hall–Kier alpha value is -3.12. The molecule has 25 heavy (non-hydrogen) atoms. The molecule has 2 aromatic carbocycles. The summed E-state index contributed by atoms with van der Waals surface area (Å²) in [5.41, 5.74) is 1.49. The standard InChI is InChI=1S/C18H13ClN4O2/c1-24-15-4-2-3-5-16(15)25-18-14-10-22-23(17(14)20-11-21-18)13-8-6-12(19)7-9-13/h2-11H,1H3. The summed E-state index contributed by atoms with van der Waals surface area (Å²) >= 11 is 5.95. The van der Waals surface area contributed by atoms with E-state index >= 15 is 0 Å². The van der Waals surface area contributed by atoms with Crippen LogP contribution in [0.5, 0.6) is 17.4 Å². The Morgan fingerprint density at radius 1 is 0.960 bits per heavy atom. The molecule has 0 N–H and O–H groups in total. The summed E-state index contributed by atoms with van der Waals surface area (Å²) in [6, 6.07) is 14.7. The average molecular weight is 353 g/mol. The minimum atomic E-state index is 0.412. The van der Waals surface area contributed by atoms with Gasteiger partial charge in [0.1, 0.15) is 11.7 Å². The van der Waals surface area contributed by atoms with Crippen LogP contribution in [0, 0.1) is 0 Å². The molecule has 0 saturated heterocycles. The van der Waals surface area contributed by atoms with Gasteiger partial charge in [-0.15, -0.1) is 0 Å². The number of methoxy groups -OCH3 is 1. The molecule has 6 nitrogen and oxygen atoms in total. The molecule has 0 unspecified atom stereocenters. The van der Waals surface area contributed by atoms with Gasteiger partial charge in [-0.25, -0.2) is 14.6 Å². The van der Waals surface area contributed by atoms with Gasteiger partial charge in [0.25, 0.3) is 0 Å². The highest BCUT2D eigenvalue weighted by molar-refractivity contribution is 6.30. The number of nitrogens with zero attached hydrogens (tertiary/aromatic N) is 4. The van der Waals surface area contributed by atoms with Crippen LogP contribution < -0.4 is 9.47 Å². The van der Waals surface area contributed by atoms with Crippen molar-refractivity contribution in [3.05, 3.63) is 66.1 Å². The molecular formula is C18H13ClN4O2. The molecule has 124 valence electrons. The summed E-state index contributed by atoms with van der Waals surface area (Å²) in [5.74, 6) is 1.61. The Kier molecular flexibility index (Phi) is 3.95. The highest BCUT2D eigenvalue weighted by Gasteiger charge is 2.14. The zero-order valence-corrected chi connectivity index (χ0v) is 14.0. The first-order chi connectivity index (χ1) is 12.3. The molecule has 0 amide bonds. The Balaban J connectivity index is 1.78. The summed E-state index contributed by atoms with van der Waals surface area (Å²) in [4.78, 5) is 8.57. The maximum Gasteiger partial charge on any atom is 0.233 e. The maximum atomic E-state index is 5.95. The molecule has 0 fully saturated rings. The van der Waals surface area contributed by atoms with Crippen LogP contribution in [0.15, 0.2) is 61.1 Å². The van der Waals surface area contributed by atoms with Gasteiger partial charge in [0, 0.05) is 5.02 Å². The minimum absolute atomic E-state index is 0.412. The van der Waals surface area contributed by atoms with Crippen molar-refractivity contribution in [3.8, 4) is 23.1 Å². The predicted octanol–water partition coefficient (Wildman–Crippen LogP) is 4.27. The van der Waals surface area contributed by atoms with Crippen molar-refractivity contribution in [3.63, 3.8) is 0 Å². The van der Waals surface area contributed by atoms with Crippen LogP contribution in [-0.4, -0.2) is 26.9 Å². The summed E-state index contributed by atoms with van der Waals surface area (Å²) in [6.45, 7) is 0. The summed E-state index contributed by atoms with van der Waals surface area (Å²) < 4.78 is 13.0. The number of fused-ring (bicyclic) bond motifs is 1. The van der Waals surface area contributed by atoms with E-state index < -0.39 is 0 Å². The fourth-order valence-corrected chi connectivity index (χ4v) is 2.61. The molecule has 7 heteroatoms. The lowest BCUT2D eigenvalue weighted by atomic mass is 10.3. The number of hydrogen-bond acceptors (Lipinski definition) is 5. The molecule has 2 heterocycles. The Morgan fingerprint density at radius 3 is 2.48 bits per heavy atom. The normalized spacial score (nSPS) is 10.8. The van der Waals surface area contributed by atoms with Gasteiger partial charge in [-0.05, 0) is 36.4 Å². The van der Waals surface area contributed by atoms with Crippen LogP contribution in [0.3, 0.4) is 0 Å². The van der Waals surface area contributed by atoms with Crippen LogP contribution in [0.2, 0.25) is 5.02 Å². The molecule has 0 aliphatic heterocycles. The Labute approximate surface area is 148 Å².